The molecule has 182 valence electrons. The molecule has 2 aromatic rings. The van der Waals surface area contributed by atoms with Crippen molar-refractivity contribution in [2.24, 2.45) is 0 Å². The molecule has 2 heterocycles. The standard InChI is InChI=1S/C26H34N2O5Si/c1-17(29)32-24-23(20-13-18(14-27)9-11-21(20)33-26(24,5)6)28-15-19(10-12-22(28)30)16-31-34(7,8)25(2,3)4/h9-13,15,23-24H,16H2,1-8H3. The summed E-state index contributed by atoms with van der Waals surface area (Å²) in [5.41, 5.74) is 0.732. The minimum Gasteiger partial charge on any atom is -0.484 e. The number of esters is 1. The molecule has 1 aliphatic rings. The molecule has 7 nitrogen and oxygen atoms in total. The largest absolute Gasteiger partial charge is 0.484 e. The van der Waals surface area contributed by atoms with Crippen molar-refractivity contribution < 1.29 is 18.7 Å². The zero-order valence-corrected chi connectivity index (χ0v) is 22.3. The number of nitriles is 1. The average Bonchev–Trinajstić information content (AvgIpc) is 2.72. The van der Waals surface area contributed by atoms with Gasteiger partial charge >= 0.3 is 5.97 Å². The monoisotopic (exact) mass is 482 g/mol. The molecule has 0 radical (unpaired) electrons. The van der Waals surface area contributed by atoms with Gasteiger partial charge in [0.25, 0.3) is 5.56 Å². The molecule has 1 aromatic carbocycles. The molecule has 0 spiro atoms. The highest BCUT2D eigenvalue weighted by Gasteiger charge is 2.47. The fourth-order valence-corrected chi connectivity index (χ4v) is 4.80. The van der Waals surface area contributed by atoms with Crippen LogP contribution in [0.1, 0.15) is 64.3 Å². The third kappa shape index (κ3) is 5.11. The van der Waals surface area contributed by atoms with Crippen LogP contribution in [-0.2, 0) is 20.6 Å². The van der Waals surface area contributed by atoms with Crippen molar-refractivity contribution >= 4 is 14.3 Å². The Morgan fingerprint density at radius 1 is 1.24 bits per heavy atom. The van der Waals surface area contributed by atoms with Gasteiger partial charge in [0.15, 0.2) is 14.4 Å². The second-order valence-corrected chi connectivity index (χ2v) is 15.7. The van der Waals surface area contributed by atoms with E-state index in [1.54, 1.807) is 35.0 Å². The quantitative estimate of drug-likeness (QED) is 0.443. The number of rotatable bonds is 5. The molecule has 3 rings (SSSR count). The van der Waals surface area contributed by atoms with Crippen molar-refractivity contribution in [3.8, 4) is 11.8 Å². The van der Waals surface area contributed by atoms with Crippen molar-refractivity contribution in [2.75, 3.05) is 0 Å². The lowest BCUT2D eigenvalue weighted by Gasteiger charge is -2.44. The fraction of sp³-hybridized carbons (Fsp3) is 0.500. The van der Waals surface area contributed by atoms with Gasteiger partial charge in [-0.05, 0) is 61.8 Å². The van der Waals surface area contributed by atoms with E-state index in [2.05, 4.69) is 39.9 Å². The molecule has 1 aromatic heterocycles. The average molecular weight is 483 g/mol. The summed E-state index contributed by atoms with van der Waals surface area (Å²) >= 11 is 0. The molecular formula is C26H34N2O5Si. The molecule has 0 bridgehead atoms. The lowest BCUT2D eigenvalue weighted by atomic mass is 9.85. The number of carbonyl (C=O) groups is 1. The van der Waals surface area contributed by atoms with Crippen LogP contribution in [0.25, 0.3) is 0 Å². The van der Waals surface area contributed by atoms with Crippen LogP contribution < -0.4 is 10.3 Å². The Labute approximate surface area is 202 Å². The highest BCUT2D eigenvalue weighted by molar-refractivity contribution is 6.74. The third-order valence-electron chi connectivity index (χ3n) is 6.80. The number of pyridine rings is 1. The summed E-state index contributed by atoms with van der Waals surface area (Å²) in [6, 6.07) is 9.83. The number of hydrogen-bond donors (Lipinski definition) is 0. The highest BCUT2D eigenvalue weighted by atomic mass is 28.4. The maximum Gasteiger partial charge on any atom is 0.303 e. The summed E-state index contributed by atoms with van der Waals surface area (Å²) in [4.78, 5) is 25.2. The van der Waals surface area contributed by atoms with E-state index in [0.29, 0.717) is 23.5 Å². The zero-order chi connectivity index (χ0) is 25.5. The minimum atomic E-state index is -2.00. The minimum absolute atomic E-state index is 0.0548. The summed E-state index contributed by atoms with van der Waals surface area (Å²) < 4.78 is 19.8. The molecule has 8 heteroatoms. The first-order chi connectivity index (χ1) is 15.7. The lowest BCUT2D eigenvalue weighted by molar-refractivity contribution is -0.163. The van der Waals surface area contributed by atoms with Crippen molar-refractivity contribution in [3.05, 3.63) is 63.6 Å². The molecule has 34 heavy (non-hydrogen) atoms. The van der Waals surface area contributed by atoms with Gasteiger partial charge in [0.1, 0.15) is 17.4 Å². The van der Waals surface area contributed by atoms with Crippen LogP contribution in [0.5, 0.6) is 5.75 Å². The number of nitrogens with zero attached hydrogens (tertiary/aromatic N) is 2. The molecule has 0 aliphatic carbocycles. The molecule has 2 atom stereocenters. The summed E-state index contributed by atoms with van der Waals surface area (Å²) in [7, 11) is -2.00. The van der Waals surface area contributed by atoms with Gasteiger partial charge < -0.3 is 18.5 Å². The normalized spacial score (nSPS) is 19.5. The predicted octanol–water partition coefficient (Wildman–Crippen LogP) is 4.93. The van der Waals surface area contributed by atoms with Gasteiger partial charge in [-0.25, -0.2) is 0 Å². The second-order valence-electron chi connectivity index (χ2n) is 10.9. The molecule has 2 unspecified atom stereocenters. The Morgan fingerprint density at radius 3 is 2.50 bits per heavy atom. The Kier molecular flexibility index (Phi) is 6.84. The molecule has 1 aliphatic heterocycles. The Balaban J connectivity index is 2.13. The Hall–Kier alpha value is -2.89. The number of hydrogen-bond acceptors (Lipinski definition) is 6. The van der Waals surface area contributed by atoms with Crippen molar-refractivity contribution in [1.29, 1.82) is 5.26 Å². The van der Waals surface area contributed by atoms with Crippen LogP contribution in [0.3, 0.4) is 0 Å². The van der Waals surface area contributed by atoms with Crippen molar-refractivity contribution in [2.45, 2.75) is 84.0 Å². The number of ether oxygens (including phenoxy) is 2. The van der Waals surface area contributed by atoms with Gasteiger partial charge in [-0.2, -0.15) is 5.26 Å². The Morgan fingerprint density at radius 2 is 1.91 bits per heavy atom. The fourth-order valence-electron chi connectivity index (χ4n) is 3.84. The maximum atomic E-state index is 13.1. The van der Waals surface area contributed by atoms with Gasteiger partial charge in [-0.15, -0.1) is 0 Å². The van der Waals surface area contributed by atoms with Gasteiger partial charge in [-0.1, -0.05) is 20.8 Å². The number of benzene rings is 1. The van der Waals surface area contributed by atoms with E-state index in [9.17, 15) is 14.9 Å². The summed E-state index contributed by atoms with van der Waals surface area (Å²) in [5, 5.41) is 9.52. The lowest BCUT2D eigenvalue weighted by Crippen LogP contribution is -2.54. The molecule has 0 fully saturated rings. The second kappa shape index (κ2) is 9.04. The molecular weight excluding hydrogens is 448 g/mol. The summed E-state index contributed by atoms with van der Waals surface area (Å²) in [6.07, 6.45) is 0.974. The molecule has 0 amide bonds. The number of fused-ring (bicyclic) bond motifs is 1. The number of aromatic nitrogens is 1. The van der Waals surface area contributed by atoms with E-state index in [0.717, 1.165) is 5.56 Å². The van der Waals surface area contributed by atoms with Crippen molar-refractivity contribution in [3.63, 3.8) is 0 Å². The highest BCUT2D eigenvalue weighted by Crippen LogP contribution is 2.43. The topological polar surface area (TPSA) is 90.5 Å². The van der Waals surface area contributed by atoms with E-state index < -0.39 is 32.0 Å². The van der Waals surface area contributed by atoms with Crippen LogP contribution in [-0.4, -0.2) is 30.6 Å². The predicted molar refractivity (Wildman–Crippen MR) is 132 cm³/mol. The van der Waals surface area contributed by atoms with E-state index in [1.165, 1.54) is 13.0 Å². The van der Waals surface area contributed by atoms with Crippen LogP contribution in [0, 0.1) is 11.3 Å². The smallest absolute Gasteiger partial charge is 0.303 e. The molecule has 0 saturated carbocycles. The first kappa shape index (κ1) is 25.7. The van der Waals surface area contributed by atoms with Crippen LogP contribution >= 0.6 is 0 Å². The zero-order valence-electron chi connectivity index (χ0n) is 21.3. The summed E-state index contributed by atoms with van der Waals surface area (Å²) in [5.74, 6) is 0.0734. The van der Waals surface area contributed by atoms with Crippen molar-refractivity contribution in [1.82, 2.24) is 4.57 Å². The van der Waals surface area contributed by atoms with Crippen LogP contribution in [0.4, 0.5) is 0 Å². The maximum absolute atomic E-state index is 13.1. The first-order valence-electron chi connectivity index (χ1n) is 11.4. The SMILES string of the molecule is CC(=O)OC1C(n2cc(CO[Si](C)(C)C(C)(C)C)ccc2=O)c2cc(C#N)ccc2OC1(C)C. The van der Waals surface area contributed by atoms with E-state index in [-0.39, 0.29) is 10.6 Å². The molecule has 0 N–H and O–H groups in total. The van der Waals surface area contributed by atoms with Crippen LogP contribution in [0.2, 0.25) is 18.1 Å². The number of carbonyl (C=O) groups excluding carboxylic acids is 1. The molecule has 0 saturated heterocycles. The van der Waals surface area contributed by atoms with Crippen LogP contribution in [0.15, 0.2) is 41.3 Å². The van der Waals surface area contributed by atoms with Gasteiger partial charge in [0, 0.05) is 24.8 Å². The third-order valence-corrected chi connectivity index (χ3v) is 11.3. The van der Waals surface area contributed by atoms with Gasteiger partial charge in [0.2, 0.25) is 0 Å². The van der Waals surface area contributed by atoms with E-state index in [1.807, 2.05) is 13.8 Å². The van der Waals surface area contributed by atoms with Gasteiger partial charge in [0.05, 0.1) is 18.2 Å². The van der Waals surface area contributed by atoms with E-state index >= 15 is 0 Å². The first-order valence-corrected chi connectivity index (χ1v) is 14.3. The van der Waals surface area contributed by atoms with Gasteiger partial charge in [-0.3, -0.25) is 9.59 Å². The summed E-state index contributed by atoms with van der Waals surface area (Å²) in [6.45, 7) is 16.2. The Bertz CT molecular complexity index is 1190. The van der Waals surface area contributed by atoms with E-state index in [4.69, 9.17) is 13.9 Å².